The van der Waals surface area contributed by atoms with Crippen LogP contribution in [0.4, 0.5) is 0 Å². The third-order valence-electron chi connectivity index (χ3n) is 0.517. The van der Waals surface area contributed by atoms with Gasteiger partial charge < -0.3 is 0 Å². The highest BCUT2D eigenvalue weighted by Gasteiger charge is 2.00. The van der Waals surface area contributed by atoms with Crippen molar-refractivity contribution in [3.05, 3.63) is 12.7 Å². The maximum atomic E-state index is 9.78. The van der Waals surface area contributed by atoms with E-state index in [0.717, 1.165) is 0 Å². The van der Waals surface area contributed by atoms with Crippen LogP contribution in [0.15, 0.2) is 6.08 Å². The summed E-state index contributed by atoms with van der Waals surface area (Å²) in [6.45, 7) is 4.76. The Morgan fingerprint density at radius 3 is 2.56 bits per heavy atom. The number of hydrogen-bond donors (Lipinski definition) is 1. The van der Waals surface area contributed by atoms with E-state index in [9.17, 15) is 8.42 Å². The molecule has 0 fully saturated rings. The first-order chi connectivity index (χ1) is 4.06. The van der Waals surface area contributed by atoms with Crippen LogP contribution in [0, 0.1) is 6.58 Å². The van der Waals surface area contributed by atoms with E-state index in [-0.39, 0.29) is 6.61 Å². The summed E-state index contributed by atoms with van der Waals surface area (Å²) in [7, 11) is -4.27. The van der Waals surface area contributed by atoms with E-state index >= 15 is 0 Å². The van der Waals surface area contributed by atoms with E-state index in [1.807, 2.05) is 0 Å². The van der Waals surface area contributed by atoms with Crippen molar-refractivity contribution in [2.24, 2.45) is 0 Å². The maximum Gasteiger partial charge on any atom is 0.397 e. The van der Waals surface area contributed by atoms with Crippen molar-refractivity contribution in [1.82, 2.24) is 0 Å². The Balaban J connectivity index is 3.40. The van der Waals surface area contributed by atoms with E-state index in [4.69, 9.17) is 11.1 Å². The molecule has 1 N–H and O–H groups in total. The zero-order chi connectivity index (χ0) is 7.33. The molecule has 0 amide bonds. The third-order valence-corrected chi connectivity index (χ3v) is 0.981. The van der Waals surface area contributed by atoms with Gasteiger partial charge in [-0.3, -0.25) is 4.55 Å². The Morgan fingerprint density at radius 1 is 1.67 bits per heavy atom. The van der Waals surface area contributed by atoms with Crippen molar-refractivity contribution < 1.29 is 17.2 Å². The predicted octanol–water partition coefficient (Wildman–Crippen LogP) is 0.185. The third kappa shape index (κ3) is 7.61. The van der Waals surface area contributed by atoms with E-state index in [1.165, 1.54) is 6.08 Å². The van der Waals surface area contributed by atoms with Crippen molar-refractivity contribution in [3.63, 3.8) is 0 Å². The molecular weight excluding hydrogens is 144 g/mol. The first kappa shape index (κ1) is 8.61. The lowest BCUT2D eigenvalue weighted by atomic mass is 10.5. The molecule has 0 saturated carbocycles. The summed E-state index contributed by atoms with van der Waals surface area (Å²) in [5.74, 6) is 0. The summed E-state index contributed by atoms with van der Waals surface area (Å²) in [4.78, 5) is 0. The molecule has 4 nitrogen and oxygen atoms in total. The van der Waals surface area contributed by atoms with Gasteiger partial charge in [0, 0.05) is 0 Å². The van der Waals surface area contributed by atoms with Crippen LogP contribution >= 0.6 is 0 Å². The lowest BCUT2D eigenvalue weighted by molar-refractivity contribution is 0.273. The van der Waals surface area contributed by atoms with Crippen LogP contribution in [-0.2, 0) is 14.6 Å². The van der Waals surface area contributed by atoms with Gasteiger partial charge >= 0.3 is 10.4 Å². The monoisotopic (exact) mass is 151 g/mol. The first-order valence-corrected chi connectivity index (χ1v) is 3.58. The van der Waals surface area contributed by atoms with Crippen molar-refractivity contribution >= 4 is 10.4 Å². The molecule has 0 unspecified atom stereocenters. The van der Waals surface area contributed by atoms with E-state index in [0.29, 0.717) is 6.42 Å². The summed E-state index contributed by atoms with van der Waals surface area (Å²) in [6.07, 6.45) is 1.53. The smallest absolute Gasteiger partial charge is 0.264 e. The SMILES string of the molecule is [CH]=CCCOS(=O)(=O)O. The van der Waals surface area contributed by atoms with Gasteiger partial charge in [-0.1, -0.05) is 12.7 Å². The Bertz CT molecular complexity index is 169. The van der Waals surface area contributed by atoms with Gasteiger partial charge in [-0.15, -0.1) is 0 Å². The van der Waals surface area contributed by atoms with Gasteiger partial charge in [0.15, 0.2) is 0 Å². The highest BCUT2D eigenvalue weighted by Crippen LogP contribution is 1.88. The molecule has 0 saturated heterocycles. The fourth-order valence-electron chi connectivity index (χ4n) is 0.221. The fourth-order valence-corrected chi connectivity index (χ4v) is 0.528. The van der Waals surface area contributed by atoms with Crippen LogP contribution in [0.1, 0.15) is 6.42 Å². The molecule has 0 aliphatic heterocycles. The van der Waals surface area contributed by atoms with E-state index in [2.05, 4.69) is 4.18 Å². The van der Waals surface area contributed by atoms with Crippen LogP contribution in [0.25, 0.3) is 0 Å². The van der Waals surface area contributed by atoms with Crippen LogP contribution in [0.3, 0.4) is 0 Å². The fraction of sp³-hybridized carbons (Fsp3) is 0.500. The van der Waals surface area contributed by atoms with Crippen LogP contribution in [-0.4, -0.2) is 19.6 Å². The minimum absolute atomic E-state index is 0.116. The Hall–Kier alpha value is -0.390. The molecule has 0 aromatic heterocycles. The molecule has 0 aliphatic carbocycles. The van der Waals surface area contributed by atoms with Crippen molar-refractivity contribution in [1.29, 1.82) is 0 Å². The Morgan fingerprint density at radius 2 is 2.22 bits per heavy atom. The quantitative estimate of drug-likeness (QED) is 0.460. The van der Waals surface area contributed by atoms with Crippen LogP contribution in [0.5, 0.6) is 0 Å². The second-order valence-electron chi connectivity index (χ2n) is 1.27. The number of rotatable bonds is 4. The van der Waals surface area contributed by atoms with Crippen molar-refractivity contribution in [3.8, 4) is 0 Å². The lowest BCUT2D eigenvalue weighted by Crippen LogP contribution is -2.03. The molecule has 53 valence electrons. The molecule has 0 spiro atoms. The Labute approximate surface area is 54.1 Å². The summed E-state index contributed by atoms with van der Waals surface area (Å²) in [5.41, 5.74) is 0. The molecule has 5 heteroatoms. The van der Waals surface area contributed by atoms with Gasteiger partial charge in [-0.25, -0.2) is 4.18 Å². The van der Waals surface area contributed by atoms with Gasteiger partial charge in [0.05, 0.1) is 6.61 Å². The Kier molecular flexibility index (Phi) is 3.44. The average molecular weight is 151 g/mol. The summed E-state index contributed by atoms with van der Waals surface area (Å²) < 4.78 is 31.4. The average Bonchev–Trinajstić information content (AvgIpc) is 1.63. The first-order valence-electron chi connectivity index (χ1n) is 2.21. The van der Waals surface area contributed by atoms with E-state index in [1.54, 1.807) is 0 Å². The standard InChI is InChI=1S/C4H7O4S/c1-2-3-4-8-9(5,6)7/h1-2H,3-4H2,(H,5,6,7). The largest absolute Gasteiger partial charge is 0.397 e. The summed E-state index contributed by atoms with van der Waals surface area (Å²) >= 11 is 0. The van der Waals surface area contributed by atoms with Crippen molar-refractivity contribution in [2.45, 2.75) is 6.42 Å². The molecular formula is C4H7O4S. The van der Waals surface area contributed by atoms with Crippen LogP contribution in [0.2, 0.25) is 0 Å². The zero-order valence-corrected chi connectivity index (χ0v) is 5.47. The topological polar surface area (TPSA) is 63.6 Å². The van der Waals surface area contributed by atoms with Crippen molar-refractivity contribution in [2.75, 3.05) is 6.61 Å². The highest BCUT2D eigenvalue weighted by molar-refractivity contribution is 7.80. The molecule has 1 radical (unpaired) electrons. The second kappa shape index (κ2) is 3.60. The van der Waals surface area contributed by atoms with Gasteiger partial charge in [-0.05, 0) is 6.42 Å². The second-order valence-corrected chi connectivity index (χ2v) is 2.37. The predicted molar refractivity (Wildman–Crippen MR) is 31.0 cm³/mol. The van der Waals surface area contributed by atoms with Crippen LogP contribution < -0.4 is 0 Å². The summed E-state index contributed by atoms with van der Waals surface area (Å²) in [5, 5.41) is 0. The molecule has 0 atom stereocenters. The minimum atomic E-state index is -4.27. The van der Waals surface area contributed by atoms with Gasteiger partial charge in [0.25, 0.3) is 0 Å². The number of hydrogen-bond acceptors (Lipinski definition) is 3. The highest BCUT2D eigenvalue weighted by atomic mass is 32.3. The van der Waals surface area contributed by atoms with Gasteiger partial charge in [0.1, 0.15) is 0 Å². The molecule has 0 aromatic rings. The van der Waals surface area contributed by atoms with Gasteiger partial charge in [0.2, 0.25) is 0 Å². The van der Waals surface area contributed by atoms with E-state index < -0.39 is 10.4 Å². The zero-order valence-electron chi connectivity index (χ0n) is 4.65. The molecule has 0 bridgehead atoms. The molecule has 0 aliphatic rings. The normalized spacial score (nSPS) is 11.2. The molecule has 0 rings (SSSR count). The minimum Gasteiger partial charge on any atom is -0.264 e. The molecule has 0 heterocycles. The van der Waals surface area contributed by atoms with Gasteiger partial charge in [-0.2, -0.15) is 8.42 Å². The molecule has 0 aromatic carbocycles. The molecule has 9 heavy (non-hydrogen) atoms. The maximum absolute atomic E-state index is 9.78. The summed E-state index contributed by atoms with van der Waals surface area (Å²) in [6, 6.07) is 0. The lowest BCUT2D eigenvalue weighted by Gasteiger charge is -1.93.